The average Bonchev–Trinajstić information content (AvgIpc) is 3.25. The second-order valence-corrected chi connectivity index (χ2v) is 10.3. The van der Waals surface area contributed by atoms with Crippen molar-refractivity contribution in [2.75, 3.05) is 6.61 Å². The molecule has 5 nitrogen and oxygen atoms in total. The summed E-state index contributed by atoms with van der Waals surface area (Å²) in [5.74, 6) is 0.244. The molecule has 0 aromatic carbocycles. The molecule has 1 N–H and O–H groups in total. The van der Waals surface area contributed by atoms with Crippen LogP contribution in [-0.4, -0.2) is 35.4 Å². The third kappa shape index (κ3) is 7.70. The summed E-state index contributed by atoms with van der Waals surface area (Å²) in [6.45, 7) is 8.42. The summed E-state index contributed by atoms with van der Waals surface area (Å²) in [7, 11) is 0. The lowest BCUT2D eigenvalue weighted by Crippen LogP contribution is -2.23. The van der Waals surface area contributed by atoms with Gasteiger partial charge in [0, 0.05) is 6.61 Å². The highest BCUT2D eigenvalue weighted by atomic mass is 16.5. The van der Waals surface area contributed by atoms with Gasteiger partial charge in [0.15, 0.2) is 11.6 Å². The minimum Gasteiger partial charge on any atom is -0.462 e. The molecule has 0 spiro atoms. The Morgan fingerprint density at radius 3 is 1.56 bits per heavy atom. The summed E-state index contributed by atoms with van der Waals surface area (Å²) in [5, 5.41) is 9.36. The summed E-state index contributed by atoms with van der Waals surface area (Å²) >= 11 is 0. The van der Waals surface area contributed by atoms with E-state index in [0.717, 1.165) is 54.4 Å². The van der Waals surface area contributed by atoms with Crippen molar-refractivity contribution >= 4 is 18.0 Å². The number of allylic oxidation sites excluding steroid dienone is 8. The van der Waals surface area contributed by atoms with Crippen molar-refractivity contribution in [3.05, 3.63) is 46.6 Å². The summed E-state index contributed by atoms with van der Waals surface area (Å²) in [5.41, 5.74) is 2.70. The number of aliphatic hydroxyl groups excluding tert-OH is 1. The number of carbonyl (C=O) groups excluding carboxylic acids is 3. The fourth-order valence-corrected chi connectivity index (χ4v) is 4.10. The van der Waals surface area contributed by atoms with Crippen molar-refractivity contribution in [2.45, 2.75) is 91.1 Å². The van der Waals surface area contributed by atoms with E-state index in [4.69, 9.17) is 4.74 Å². The van der Waals surface area contributed by atoms with Crippen LogP contribution in [0, 0.1) is 5.41 Å². The van der Waals surface area contributed by atoms with Crippen molar-refractivity contribution < 1.29 is 24.2 Å². The summed E-state index contributed by atoms with van der Waals surface area (Å²) in [6.07, 6.45) is 14.5. The monoisotopic (exact) mass is 442 g/mol. The van der Waals surface area contributed by atoms with Crippen LogP contribution in [0.15, 0.2) is 46.6 Å². The zero-order chi connectivity index (χ0) is 23.8. The number of carbonyl (C=O) groups is 3. The van der Waals surface area contributed by atoms with E-state index < -0.39 is 5.60 Å². The first kappa shape index (κ1) is 26.0. The summed E-state index contributed by atoms with van der Waals surface area (Å²) in [6, 6.07) is 0. The molecular formula is C27H38O5. The number of hydrogen-bond acceptors (Lipinski definition) is 5. The van der Waals surface area contributed by atoms with Gasteiger partial charge < -0.3 is 9.84 Å². The molecule has 0 saturated heterocycles. The van der Waals surface area contributed by atoms with Gasteiger partial charge in [-0.15, -0.1) is 0 Å². The summed E-state index contributed by atoms with van der Waals surface area (Å²) < 4.78 is 5.06. The average molecular weight is 443 g/mol. The van der Waals surface area contributed by atoms with E-state index in [1.165, 1.54) is 0 Å². The standard InChI is InChI=1S/C27H38O5/c1-26(2,18-28)16-6-10-22-14-12-20(24(22)30)8-5-9-21-13-15-23(25(21)31)11-7-17-27(3,4)32-19-29/h12-15,19,28H,5-11,16-18H2,1-4H3. The van der Waals surface area contributed by atoms with Gasteiger partial charge >= 0.3 is 0 Å². The van der Waals surface area contributed by atoms with Crippen LogP contribution >= 0.6 is 0 Å². The maximum Gasteiger partial charge on any atom is 0.293 e. The van der Waals surface area contributed by atoms with Crippen molar-refractivity contribution in [3.8, 4) is 0 Å². The normalized spacial score (nSPS) is 16.7. The van der Waals surface area contributed by atoms with E-state index in [-0.39, 0.29) is 23.6 Å². The molecule has 0 saturated carbocycles. The van der Waals surface area contributed by atoms with E-state index >= 15 is 0 Å². The molecule has 0 amide bonds. The molecule has 0 fully saturated rings. The Bertz CT molecular complexity index is 836. The molecule has 5 heteroatoms. The van der Waals surface area contributed by atoms with E-state index in [2.05, 4.69) is 0 Å². The van der Waals surface area contributed by atoms with Gasteiger partial charge in [-0.1, -0.05) is 38.2 Å². The smallest absolute Gasteiger partial charge is 0.293 e. The number of rotatable bonds is 15. The molecule has 0 aromatic rings. The van der Waals surface area contributed by atoms with Crippen LogP contribution in [0.3, 0.4) is 0 Å². The molecule has 0 unspecified atom stereocenters. The molecular weight excluding hydrogens is 404 g/mol. The highest BCUT2D eigenvalue weighted by Gasteiger charge is 2.24. The van der Waals surface area contributed by atoms with Gasteiger partial charge in [-0.2, -0.15) is 0 Å². The van der Waals surface area contributed by atoms with Gasteiger partial charge in [0.1, 0.15) is 5.60 Å². The summed E-state index contributed by atoms with van der Waals surface area (Å²) in [4.78, 5) is 35.8. The van der Waals surface area contributed by atoms with Gasteiger partial charge in [-0.25, -0.2) is 0 Å². The van der Waals surface area contributed by atoms with Crippen LogP contribution < -0.4 is 0 Å². The Balaban J connectivity index is 1.67. The maximum atomic E-state index is 12.6. The minimum absolute atomic E-state index is 0.105. The van der Waals surface area contributed by atoms with E-state index in [1.54, 1.807) is 0 Å². The lowest BCUT2D eigenvalue weighted by Gasteiger charge is -2.22. The molecule has 0 aromatic heterocycles. The molecule has 32 heavy (non-hydrogen) atoms. The topological polar surface area (TPSA) is 80.7 Å². The zero-order valence-corrected chi connectivity index (χ0v) is 20.0. The third-order valence-electron chi connectivity index (χ3n) is 6.35. The van der Waals surface area contributed by atoms with Crippen LogP contribution in [0.1, 0.15) is 85.5 Å². The highest BCUT2D eigenvalue weighted by Crippen LogP contribution is 2.30. The van der Waals surface area contributed by atoms with Crippen molar-refractivity contribution in [1.82, 2.24) is 0 Å². The van der Waals surface area contributed by atoms with Gasteiger partial charge in [0.25, 0.3) is 6.47 Å². The Labute approximate surface area is 192 Å². The van der Waals surface area contributed by atoms with Gasteiger partial charge in [0.2, 0.25) is 0 Å². The molecule has 0 bridgehead atoms. The predicted molar refractivity (Wildman–Crippen MR) is 126 cm³/mol. The fourth-order valence-electron chi connectivity index (χ4n) is 4.10. The molecule has 0 atom stereocenters. The lowest BCUT2D eigenvalue weighted by atomic mass is 9.87. The number of ketones is 2. The number of hydrogen-bond donors (Lipinski definition) is 1. The maximum absolute atomic E-state index is 12.6. The SMILES string of the molecule is CC(C)(CO)CCCC1=CC=C(CCCC2=CC=C(CCCC(C)(C)OC=O)C2=O)C1=O. The van der Waals surface area contributed by atoms with Crippen molar-refractivity contribution in [2.24, 2.45) is 5.41 Å². The van der Waals surface area contributed by atoms with Gasteiger partial charge in [-0.05, 0) is 99.3 Å². The first-order valence-corrected chi connectivity index (χ1v) is 11.7. The first-order chi connectivity index (χ1) is 15.1. The van der Waals surface area contributed by atoms with E-state index in [0.29, 0.717) is 32.2 Å². The quantitative estimate of drug-likeness (QED) is 0.346. The van der Waals surface area contributed by atoms with Gasteiger partial charge in [0.05, 0.1) is 0 Å². The number of aliphatic hydroxyl groups is 1. The van der Waals surface area contributed by atoms with E-state index in [1.807, 2.05) is 52.0 Å². The predicted octanol–water partition coefficient (Wildman–Crippen LogP) is 5.34. The second-order valence-electron chi connectivity index (χ2n) is 10.3. The Morgan fingerprint density at radius 1 is 0.750 bits per heavy atom. The van der Waals surface area contributed by atoms with Crippen LogP contribution in [0.25, 0.3) is 0 Å². The van der Waals surface area contributed by atoms with Crippen LogP contribution in [0.2, 0.25) is 0 Å². The molecule has 2 aliphatic rings. The Morgan fingerprint density at radius 2 is 1.16 bits per heavy atom. The molecule has 0 heterocycles. The van der Waals surface area contributed by atoms with Gasteiger partial charge in [-0.3, -0.25) is 14.4 Å². The zero-order valence-electron chi connectivity index (χ0n) is 20.0. The van der Waals surface area contributed by atoms with Crippen molar-refractivity contribution in [1.29, 1.82) is 0 Å². The fraction of sp³-hybridized carbons (Fsp3) is 0.593. The molecule has 2 aliphatic carbocycles. The first-order valence-electron chi connectivity index (χ1n) is 11.7. The lowest BCUT2D eigenvalue weighted by molar-refractivity contribution is -0.140. The molecule has 2 rings (SSSR count). The number of Topliss-reactive ketones (excluding diaryl/α,β-unsaturated/α-hetero) is 2. The second kappa shape index (κ2) is 11.6. The Kier molecular flexibility index (Phi) is 9.38. The molecule has 0 radical (unpaired) electrons. The molecule has 176 valence electrons. The minimum atomic E-state index is -0.510. The van der Waals surface area contributed by atoms with Crippen LogP contribution in [0.5, 0.6) is 0 Å². The van der Waals surface area contributed by atoms with Crippen LogP contribution in [-0.2, 0) is 19.1 Å². The molecule has 0 aliphatic heterocycles. The third-order valence-corrected chi connectivity index (χ3v) is 6.35. The van der Waals surface area contributed by atoms with Crippen LogP contribution in [0.4, 0.5) is 0 Å². The van der Waals surface area contributed by atoms with E-state index in [9.17, 15) is 19.5 Å². The Hall–Kier alpha value is -2.27. The largest absolute Gasteiger partial charge is 0.462 e. The van der Waals surface area contributed by atoms with Crippen molar-refractivity contribution in [3.63, 3.8) is 0 Å². The highest BCUT2D eigenvalue weighted by molar-refractivity contribution is 6.11. The number of ether oxygens (including phenoxy) is 1.